The molecule has 19 heavy (non-hydrogen) atoms. The molecule has 0 bridgehead atoms. The number of rotatable bonds is 8. The van der Waals surface area contributed by atoms with Gasteiger partial charge in [0.05, 0.1) is 0 Å². The van der Waals surface area contributed by atoms with Crippen molar-refractivity contribution in [2.24, 2.45) is 0 Å². The average molecular weight is 267 g/mol. The number of hydrogen-bond donors (Lipinski definition) is 1. The lowest BCUT2D eigenvalue weighted by Crippen LogP contribution is -2.41. The molecule has 112 valence electrons. The summed E-state index contributed by atoms with van der Waals surface area (Å²) in [7, 11) is 0. The fourth-order valence-electron chi connectivity index (χ4n) is 3.46. The molecule has 0 aromatic rings. The van der Waals surface area contributed by atoms with E-state index in [0.29, 0.717) is 0 Å². The Morgan fingerprint density at radius 2 is 1.84 bits per heavy atom. The van der Waals surface area contributed by atoms with E-state index in [-0.39, 0.29) is 0 Å². The third-order valence-electron chi connectivity index (χ3n) is 4.72. The van der Waals surface area contributed by atoms with Gasteiger partial charge in [-0.3, -0.25) is 4.90 Å². The normalized spacial score (nSPS) is 26.1. The van der Waals surface area contributed by atoms with Crippen LogP contribution >= 0.6 is 0 Å². The van der Waals surface area contributed by atoms with Crippen LogP contribution in [0.25, 0.3) is 0 Å². The molecular weight excluding hydrogens is 234 g/mol. The van der Waals surface area contributed by atoms with Gasteiger partial charge in [-0.1, -0.05) is 26.2 Å². The van der Waals surface area contributed by atoms with Gasteiger partial charge in [0.15, 0.2) is 0 Å². The van der Waals surface area contributed by atoms with E-state index in [9.17, 15) is 0 Å². The van der Waals surface area contributed by atoms with Crippen LogP contribution in [0.2, 0.25) is 0 Å². The Labute approximate surface area is 119 Å². The lowest BCUT2D eigenvalue weighted by Gasteiger charge is -2.32. The second kappa shape index (κ2) is 8.93. The monoisotopic (exact) mass is 267 g/mol. The molecule has 2 aliphatic rings. The molecular formula is C16H33N3. The molecule has 2 saturated heterocycles. The molecule has 2 heterocycles. The van der Waals surface area contributed by atoms with Crippen LogP contribution in [0, 0.1) is 0 Å². The van der Waals surface area contributed by atoms with Gasteiger partial charge >= 0.3 is 0 Å². The highest BCUT2D eigenvalue weighted by Gasteiger charge is 2.27. The second-order valence-corrected chi connectivity index (χ2v) is 6.30. The molecule has 0 saturated carbocycles. The van der Waals surface area contributed by atoms with E-state index in [2.05, 4.69) is 22.0 Å². The van der Waals surface area contributed by atoms with Crippen molar-refractivity contribution < 1.29 is 0 Å². The molecule has 1 N–H and O–H groups in total. The van der Waals surface area contributed by atoms with E-state index in [1.165, 1.54) is 90.8 Å². The minimum atomic E-state index is 0.861. The number of nitrogens with one attached hydrogen (secondary N) is 1. The zero-order chi connectivity index (χ0) is 13.3. The van der Waals surface area contributed by atoms with Crippen LogP contribution < -0.4 is 5.32 Å². The van der Waals surface area contributed by atoms with Gasteiger partial charge in [-0.25, -0.2) is 0 Å². The SMILES string of the molecule is CCCCCNCCN1CCC(N2CCCCC2)C1. The summed E-state index contributed by atoms with van der Waals surface area (Å²) in [5, 5.41) is 3.59. The first-order valence-corrected chi connectivity index (χ1v) is 8.57. The maximum absolute atomic E-state index is 3.59. The first-order valence-electron chi connectivity index (χ1n) is 8.57. The molecule has 0 spiro atoms. The van der Waals surface area contributed by atoms with Gasteiger partial charge in [0.25, 0.3) is 0 Å². The van der Waals surface area contributed by atoms with E-state index in [4.69, 9.17) is 0 Å². The maximum Gasteiger partial charge on any atom is 0.0235 e. The van der Waals surface area contributed by atoms with Gasteiger partial charge in [-0.15, -0.1) is 0 Å². The summed E-state index contributed by atoms with van der Waals surface area (Å²) in [4.78, 5) is 5.41. The van der Waals surface area contributed by atoms with Gasteiger partial charge in [-0.2, -0.15) is 0 Å². The van der Waals surface area contributed by atoms with Crippen molar-refractivity contribution in [2.45, 2.75) is 57.9 Å². The molecule has 2 rings (SSSR count). The summed E-state index contributed by atoms with van der Waals surface area (Å²) in [5.74, 6) is 0. The van der Waals surface area contributed by atoms with Crippen LogP contribution in [0.5, 0.6) is 0 Å². The quantitative estimate of drug-likeness (QED) is 0.681. The van der Waals surface area contributed by atoms with Crippen molar-refractivity contribution in [3.63, 3.8) is 0 Å². The molecule has 0 aromatic heterocycles. The highest BCUT2D eigenvalue weighted by Crippen LogP contribution is 2.19. The van der Waals surface area contributed by atoms with Crippen LogP contribution in [-0.2, 0) is 0 Å². The van der Waals surface area contributed by atoms with Crippen molar-refractivity contribution in [3.8, 4) is 0 Å². The average Bonchev–Trinajstić information content (AvgIpc) is 2.92. The summed E-state index contributed by atoms with van der Waals surface area (Å²) in [6.07, 6.45) is 9.74. The van der Waals surface area contributed by atoms with Crippen molar-refractivity contribution in [2.75, 3.05) is 45.8 Å². The van der Waals surface area contributed by atoms with Crippen molar-refractivity contribution >= 4 is 0 Å². The predicted molar refractivity (Wildman–Crippen MR) is 82.7 cm³/mol. The summed E-state index contributed by atoms with van der Waals surface area (Å²) < 4.78 is 0. The number of likely N-dealkylation sites (tertiary alicyclic amines) is 2. The minimum Gasteiger partial charge on any atom is -0.315 e. The van der Waals surface area contributed by atoms with E-state index < -0.39 is 0 Å². The third kappa shape index (κ3) is 5.41. The molecule has 1 unspecified atom stereocenters. The summed E-state index contributed by atoms with van der Waals surface area (Å²) >= 11 is 0. The lowest BCUT2D eigenvalue weighted by molar-refractivity contribution is 0.162. The number of unbranched alkanes of at least 4 members (excludes halogenated alkanes) is 2. The van der Waals surface area contributed by atoms with Gasteiger partial charge < -0.3 is 10.2 Å². The molecule has 3 nitrogen and oxygen atoms in total. The van der Waals surface area contributed by atoms with Gasteiger partial charge in [0, 0.05) is 25.7 Å². The van der Waals surface area contributed by atoms with Gasteiger partial charge in [0.1, 0.15) is 0 Å². The van der Waals surface area contributed by atoms with Crippen molar-refractivity contribution in [3.05, 3.63) is 0 Å². The molecule has 2 aliphatic heterocycles. The predicted octanol–water partition coefficient (Wildman–Crippen LogP) is 2.33. The van der Waals surface area contributed by atoms with E-state index in [1.54, 1.807) is 0 Å². The molecule has 0 aliphatic carbocycles. The topological polar surface area (TPSA) is 18.5 Å². The Kier molecular flexibility index (Phi) is 7.18. The largest absolute Gasteiger partial charge is 0.315 e. The van der Waals surface area contributed by atoms with Gasteiger partial charge in [0.2, 0.25) is 0 Å². The highest BCUT2D eigenvalue weighted by atomic mass is 15.3. The first kappa shape index (κ1) is 15.3. The summed E-state index contributed by atoms with van der Waals surface area (Å²) in [5.41, 5.74) is 0. The smallest absolute Gasteiger partial charge is 0.0235 e. The molecule has 1 atom stereocenters. The summed E-state index contributed by atoms with van der Waals surface area (Å²) in [6.45, 7) is 11.2. The van der Waals surface area contributed by atoms with Crippen LogP contribution in [0.3, 0.4) is 0 Å². The van der Waals surface area contributed by atoms with Crippen molar-refractivity contribution in [1.82, 2.24) is 15.1 Å². The Bertz CT molecular complexity index is 226. The fourth-order valence-corrected chi connectivity index (χ4v) is 3.46. The number of piperidine rings is 1. The Morgan fingerprint density at radius 3 is 2.63 bits per heavy atom. The van der Waals surface area contributed by atoms with E-state index in [1.807, 2.05) is 0 Å². The van der Waals surface area contributed by atoms with Crippen LogP contribution in [0.15, 0.2) is 0 Å². The lowest BCUT2D eigenvalue weighted by atomic mass is 10.1. The number of hydrogen-bond acceptors (Lipinski definition) is 3. The first-order chi connectivity index (χ1) is 9.40. The van der Waals surface area contributed by atoms with E-state index >= 15 is 0 Å². The minimum absolute atomic E-state index is 0.861. The molecule has 2 fully saturated rings. The van der Waals surface area contributed by atoms with Crippen molar-refractivity contribution in [1.29, 1.82) is 0 Å². The molecule has 0 aromatic carbocycles. The standard InChI is InChI=1S/C16H33N3/c1-2-3-5-9-17-10-14-18-13-8-16(15-18)19-11-6-4-7-12-19/h16-17H,2-15H2,1H3. The maximum atomic E-state index is 3.59. The van der Waals surface area contributed by atoms with Crippen LogP contribution in [0.4, 0.5) is 0 Å². The second-order valence-electron chi connectivity index (χ2n) is 6.30. The molecule has 0 amide bonds. The van der Waals surface area contributed by atoms with Crippen LogP contribution in [0.1, 0.15) is 51.9 Å². The van der Waals surface area contributed by atoms with Gasteiger partial charge in [-0.05, 0) is 51.9 Å². The van der Waals surface area contributed by atoms with E-state index in [0.717, 1.165) is 6.04 Å². The molecule has 3 heteroatoms. The Balaban J connectivity index is 1.52. The zero-order valence-electron chi connectivity index (χ0n) is 12.9. The Hall–Kier alpha value is -0.120. The summed E-state index contributed by atoms with van der Waals surface area (Å²) in [6, 6.07) is 0.861. The zero-order valence-corrected chi connectivity index (χ0v) is 12.9. The third-order valence-corrected chi connectivity index (χ3v) is 4.72. The number of nitrogens with zero attached hydrogens (tertiary/aromatic N) is 2. The molecule has 0 radical (unpaired) electrons. The fraction of sp³-hybridized carbons (Fsp3) is 1.00. The van der Waals surface area contributed by atoms with Crippen LogP contribution in [-0.4, -0.2) is 61.7 Å². The highest BCUT2D eigenvalue weighted by molar-refractivity contribution is 4.84. The Morgan fingerprint density at radius 1 is 1.00 bits per heavy atom.